The van der Waals surface area contributed by atoms with Crippen LogP contribution in [0.5, 0.6) is 0 Å². The van der Waals surface area contributed by atoms with Gasteiger partial charge in [-0.05, 0) is 6.07 Å². The van der Waals surface area contributed by atoms with Gasteiger partial charge in [-0.15, -0.1) is 0 Å². The predicted molar refractivity (Wildman–Crippen MR) is 71.3 cm³/mol. The van der Waals surface area contributed by atoms with Crippen LogP contribution in [0.4, 0.5) is 11.6 Å². The van der Waals surface area contributed by atoms with Crippen molar-refractivity contribution in [1.29, 1.82) is 0 Å². The quantitative estimate of drug-likeness (QED) is 0.835. The fourth-order valence-electron chi connectivity index (χ4n) is 1.57. The van der Waals surface area contributed by atoms with Crippen LogP contribution in [0.3, 0.4) is 0 Å². The molecule has 96 valence electrons. The molecule has 0 aliphatic carbocycles. The largest absolute Gasteiger partial charge is 0.384 e. The summed E-state index contributed by atoms with van der Waals surface area (Å²) in [5.74, 6) is 2.28. The molecule has 0 fully saturated rings. The lowest BCUT2D eigenvalue weighted by Crippen LogP contribution is -2.13. The molecule has 0 aliphatic heterocycles. The van der Waals surface area contributed by atoms with Crippen molar-refractivity contribution in [2.24, 2.45) is 0 Å². The number of nitrogen functional groups attached to an aromatic ring is 1. The topological polar surface area (TPSA) is 81.6 Å². The van der Waals surface area contributed by atoms with Gasteiger partial charge >= 0.3 is 0 Å². The molecule has 0 unspecified atom stereocenters. The summed E-state index contributed by atoms with van der Waals surface area (Å²) >= 11 is 0. The van der Waals surface area contributed by atoms with Crippen molar-refractivity contribution in [2.45, 2.75) is 26.3 Å². The van der Waals surface area contributed by atoms with E-state index in [4.69, 9.17) is 5.73 Å². The summed E-state index contributed by atoms with van der Waals surface area (Å²) in [5.41, 5.74) is 5.75. The predicted octanol–water partition coefficient (Wildman–Crippen LogP) is 1.49. The molecule has 2 aromatic heterocycles. The molecule has 2 rings (SSSR count). The Morgan fingerprint density at radius 2 is 2.22 bits per heavy atom. The molecule has 2 heterocycles. The molecular weight excluding hydrogens is 228 g/mol. The van der Waals surface area contributed by atoms with Crippen molar-refractivity contribution in [3.8, 4) is 0 Å². The Bertz CT molecular complexity index is 491. The van der Waals surface area contributed by atoms with E-state index >= 15 is 0 Å². The van der Waals surface area contributed by atoms with Crippen molar-refractivity contribution >= 4 is 11.6 Å². The molecule has 0 saturated carbocycles. The molecule has 0 atom stereocenters. The zero-order valence-corrected chi connectivity index (χ0v) is 10.7. The first kappa shape index (κ1) is 12.3. The number of nitrogens with zero attached hydrogens (tertiary/aromatic N) is 4. The summed E-state index contributed by atoms with van der Waals surface area (Å²) in [5, 5.41) is 7.36. The summed E-state index contributed by atoms with van der Waals surface area (Å²) in [6.07, 6.45) is 3.69. The summed E-state index contributed by atoms with van der Waals surface area (Å²) in [6, 6.07) is 3.65. The minimum absolute atomic E-state index is 0.264. The smallest absolute Gasteiger partial charge is 0.135 e. The van der Waals surface area contributed by atoms with Crippen LogP contribution in [0.2, 0.25) is 0 Å². The van der Waals surface area contributed by atoms with Gasteiger partial charge in [-0.3, -0.25) is 4.68 Å². The number of hydrogen-bond donors (Lipinski definition) is 2. The molecule has 0 saturated heterocycles. The van der Waals surface area contributed by atoms with Crippen LogP contribution in [0.15, 0.2) is 24.5 Å². The van der Waals surface area contributed by atoms with Gasteiger partial charge in [0.15, 0.2) is 0 Å². The van der Waals surface area contributed by atoms with Gasteiger partial charge in [0.2, 0.25) is 0 Å². The second kappa shape index (κ2) is 5.48. The molecule has 0 aromatic carbocycles. The van der Waals surface area contributed by atoms with Crippen LogP contribution in [0.25, 0.3) is 0 Å². The van der Waals surface area contributed by atoms with E-state index in [1.54, 1.807) is 12.3 Å². The highest BCUT2D eigenvalue weighted by molar-refractivity contribution is 5.44. The number of hydrogen-bond acceptors (Lipinski definition) is 5. The highest BCUT2D eigenvalue weighted by Gasteiger charge is 2.06. The van der Waals surface area contributed by atoms with Crippen LogP contribution in [-0.2, 0) is 6.54 Å². The molecule has 0 spiro atoms. The third-order valence-electron chi connectivity index (χ3n) is 2.49. The van der Waals surface area contributed by atoms with Gasteiger partial charge in [-0.2, -0.15) is 5.10 Å². The van der Waals surface area contributed by atoms with Gasteiger partial charge in [-0.1, -0.05) is 13.8 Å². The van der Waals surface area contributed by atoms with E-state index in [9.17, 15) is 0 Å². The number of anilines is 2. The molecule has 0 radical (unpaired) electrons. The minimum Gasteiger partial charge on any atom is -0.384 e. The van der Waals surface area contributed by atoms with Crippen LogP contribution < -0.4 is 11.1 Å². The lowest BCUT2D eigenvalue weighted by atomic mass is 10.2. The third-order valence-corrected chi connectivity index (χ3v) is 2.49. The van der Waals surface area contributed by atoms with Gasteiger partial charge in [0.25, 0.3) is 0 Å². The number of nitrogens with one attached hydrogen (secondary N) is 1. The number of rotatable bonds is 5. The molecular formula is C12H18N6. The van der Waals surface area contributed by atoms with Crippen molar-refractivity contribution in [1.82, 2.24) is 19.7 Å². The highest BCUT2D eigenvalue weighted by Crippen LogP contribution is 2.14. The summed E-state index contributed by atoms with van der Waals surface area (Å²) < 4.78 is 1.86. The molecule has 0 bridgehead atoms. The Kier molecular flexibility index (Phi) is 3.76. The average molecular weight is 246 g/mol. The van der Waals surface area contributed by atoms with Crippen molar-refractivity contribution in [2.75, 3.05) is 17.6 Å². The normalized spacial score (nSPS) is 10.8. The fraction of sp³-hybridized carbons (Fsp3) is 0.417. The second-order valence-electron chi connectivity index (χ2n) is 4.39. The minimum atomic E-state index is 0.264. The van der Waals surface area contributed by atoms with Gasteiger partial charge < -0.3 is 11.1 Å². The average Bonchev–Trinajstić information content (AvgIpc) is 2.81. The molecule has 2 aromatic rings. The number of aromatic nitrogens is 4. The van der Waals surface area contributed by atoms with Crippen LogP contribution in [0.1, 0.15) is 25.6 Å². The van der Waals surface area contributed by atoms with E-state index < -0.39 is 0 Å². The van der Waals surface area contributed by atoms with Crippen molar-refractivity contribution in [3.05, 3.63) is 30.4 Å². The molecule has 3 N–H and O–H groups in total. The summed E-state index contributed by atoms with van der Waals surface area (Å²) in [7, 11) is 0. The SMILES string of the molecule is CC(C)c1nc(N)cc(NCCn2cccn2)n1. The molecule has 0 aliphatic rings. The standard InChI is InChI=1S/C12H18N6/c1-9(2)12-16-10(13)8-11(17-12)14-5-7-18-6-3-4-15-18/h3-4,6,8-9H,5,7H2,1-2H3,(H3,13,14,16,17). The first-order valence-corrected chi connectivity index (χ1v) is 6.01. The maximum atomic E-state index is 5.75. The van der Waals surface area contributed by atoms with Gasteiger partial charge in [0.05, 0.1) is 6.54 Å². The maximum absolute atomic E-state index is 5.75. The lowest BCUT2D eigenvalue weighted by molar-refractivity contribution is 0.636. The Hall–Kier alpha value is -2.11. The summed E-state index contributed by atoms with van der Waals surface area (Å²) in [6.45, 7) is 5.62. The first-order chi connectivity index (χ1) is 8.65. The molecule has 0 amide bonds. The maximum Gasteiger partial charge on any atom is 0.135 e. The van der Waals surface area contributed by atoms with Crippen LogP contribution in [-0.4, -0.2) is 26.3 Å². The fourth-order valence-corrected chi connectivity index (χ4v) is 1.57. The third kappa shape index (κ3) is 3.19. The Labute approximate surface area is 106 Å². The van der Waals surface area contributed by atoms with Crippen molar-refractivity contribution < 1.29 is 0 Å². The monoisotopic (exact) mass is 246 g/mol. The molecule has 18 heavy (non-hydrogen) atoms. The second-order valence-corrected chi connectivity index (χ2v) is 4.39. The van der Waals surface area contributed by atoms with Crippen LogP contribution in [0, 0.1) is 0 Å². The van der Waals surface area contributed by atoms with E-state index in [2.05, 4.69) is 20.4 Å². The van der Waals surface area contributed by atoms with Crippen molar-refractivity contribution in [3.63, 3.8) is 0 Å². The summed E-state index contributed by atoms with van der Waals surface area (Å²) in [4.78, 5) is 8.62. The van der Waals surface area contributed by atoms with E-state index in [0.717, 1.165) is 24.7 Å². The Balaban J connectivity index is 1.96. The number of nitrogens with two attached hydrogens (primary N) is 1. The van der Waals surface area contributed by atoms with E-state index in [1.165, 1.54) is 0 Å². The highest BCUT2D eigenvalue weighted by atomic mass is 15.3. The van der Waals surface area contributed by atoms with E-state index in [0.29, 0.717) is 5.82 Å². The lowest BCUT2D eigenvalue weighted by Gasteiger charge is -2.10. The zero-order chi connectivity index (χ0) is 13.0. The van der Waals surface area contributed by atoms with Gasteiger partial charge in [0, 0.05) is 30.9 Å². The van der Waals surface area contributed by atoms with Crippen LogP contribution >= 0.6 is 0 Å². The van der Waals surface area contributed by atoms with E-state index in [1.807, 2.05) is 30.8 Å². The first-order valence-electron chi connectivity index (χ1n) is 6.01. The Morgan fingerprint density at radius 1 is 1.39 bits per heavy atom. The van der Waals surface area contributed by atoms with Gasteiger partial charge in [-0.25, -0.2) is 9.97 Å². The van der Waals surface area contributed by atoms with Gasteiger partial charge in [0.1, 0.15) is 17.5 Å². The Morgan fingerprint density at radius 3 is 2.89 bits per heavy atom. The van der Waals surface area contributed by atoms with E-state index in [-0.39, 0.29) is 5.92 Å². The molecule has 6 heteroatoms. The zero-order valence-electron chi connectivity index (χ0n) is 10.7. The molecule has 6 nitrogen and oxygen atoms in total.